The topological polar surface area (TPSA) is 81.4 Å². The van der Waals surface area contributed by atoms with Gasteiger partial charge in [0.25, 0.3) is 0 Å². The van der Waals surface area contributed by atoms with E-state index in [1.165, 1.54) is 7.11 Å². The zero-order chi connectivity index (χ0) is 18.8. The van der Waals surface area contributed by atoms with Gasteiger partial charge < -0.3 is 15.8 Å². The molecule has 0 rings (SSSR count). The van der Waals surface area contributed by atoms with Crippen molar-refractivity contribution in [1.29, 1.82) is 0 Å². The third kappa shape index (κ3) is 11.5. The molecule has 24 heavy (non-hydrogen) atoms. The lowest BCUT2D eigenvalue weighted by atomic mass is 9.95. The minimum absolute atomic E-state index is 0.167. The van der Waals surface area contributed by atoms with Crippen LogP contribution in [0.5, 0.6) is 0 Å². The first kappa shape index (κ1) is 23.0. The molecule has 0 bridgehead atoms. The number of thioether (sulfide) groups is 1. The SMILES string of the molecule is COC(CCC/C=C/C(C)(C)C)C(=O)NC(CSC(C)C)C(N)=O. The van der Waals surface area contributed by atoms with Gasteiger partial charge in [0.15, 0.2) is 0 Å². The molecule has 0 aromatic carbocycles. The van der Waals surface area contributed by atoms with Gasteiger partial charge in [0.1, 0.15) is 12.1 Å². The summed E-state index contributed by atoms with van der Waals surface area (Å²) in [5, 5.41) is 3.08. The highest BCUT2D eigenvalue weighted by Gasteiger charge is 2.24. The second-order valence-corrected chi connectivity index (χ2v) is 8.88. The molecule has 2 atom stereocenters. The minimum Gasteiger partial charge on any atom is -0.372 e. The van der Waals surface area contributed by atoms with E-state index in [0.29, 0.717) is 17.4 Å². The molecule has 0 radical (unpaired) electrons. The van der Waals surface area contributed by atoms with Crippen LogP contribution in [-0.4, -0.2) is 42.1 Å². The van der Waals surface area contributed by atoms with Crippen molar-refractivity contribution in [2.75, 3.05) is 12.9 Å². The molecule has 0 heterocycles. The third-order valence-corrected chi connectivity index (χ3v) is 4.48. The van der Waals surface area contributed by atoms with E-state index in [2.05, 4.69) is 38.2 Å². The van der Waals surface area contributed by atoms with Crippen molar-refractivity contribution < 1.29 is 14.3 Å². The molecule has 6 heteroatoms. The Morgan fingerprint density at radius 2 is 1.92 bits per heavy atom. The molecule has 2 amide bonds. The molecule has 0 aromatic heterocycles. The molecule has 5 nitrogen and oxygen atoms in total. The first-order valence-corrected chi connectivity index (χ1v) is 9.53. The zero-order valence-corrected chi connectivity index (χ0v) is 16.7. The van der Waals surface area contributed by atoms with Gasteiger partial charge in [0.2, 0.25) is 11.8 Å². The summed E-state index contributed by atoms with van der Waals surface area (Å²) >= 11 is 1.59. The molecule has 3 N–H and O–H groups in total. The molecule has 0 aliphatic heterocycles. The van der Waals surface area contributed by atoms with E-state index < -0.39 is 18.1 Å². The lowest BCUT2D eigenvalue weighted by molar-refractivity contribution is -0.134. The Kier molecular flexibility index (Phi) is 11.0. The number of ether oxygens (including phenoxy) is 1. The first-order valence-electron chi connectivity index (χ1n) is 8.48. The molecule has 140 valence electrons. The van der Waals surface area contributed by atoms with E-state index in [1.54, 1.807) is 11.8 Å². The van der Waals surface area contributed by atoms with Crippen molar-refractivity contribution in [3.63, 3.8) is 0 Å². The fraction of sp³-hybridized carbons (Fsp3) is 0.778. The number of hydrogen-bond donors (Lipinski definition) is 2. The summed E-state index contributed by atoms with van der Waals surface area (Å²) in [6.07, 6.45) is 6.10. The number of allylic oxidation sites excluding steroid dienone is 2. The van der Waals surface area contributed by atoms with Crippen LogP contribution in [0.15, 0.2) is 12.2 Å². The summed E-state index contributed by atoms with van der Waals surface area (Å²) in [7, 11) is 1.51. The van der Waals surface area contributed by atoms with Crippen LogP contribution < -0.4 is 11.1 Å². The van der Waals surface area contributed by atoms with Gasteiger partial charge in [-0.05, 0) is 29.9 Å². The molecule has 0 aromatic rings. The number of amides is 2. The third-order valence-electron chi connectivity index (χ3n) is 3.29. The molecule has 0 aliphatic rings. The summed E-state index contributed by atoms with van der Waals surface area (Å²) in [5.41, 5.74) is 5.54. The standard InChI is InChI=1S/C18H34N2O3S/c1-13(2)24-12-14(16(19)21)20-17(22)15(23-6)10-8-7-9-11-18(3,4)5/h9,11,13-15H,7-8,10,12H2,1-6H3,(H2,19,21)(H,20,22)/b11-9+. The Hall–Kier alpha value is -1.01. The van der Waals surface area contributed by atoms with E-state index in [4.69, 9.17) is 10.5 Å². The monoisotopic (exact) mass is 358 g/mol. The van der Waals surface area contributed by atoms with Crippen LogP contribution in [0.1, 0.15) is 53.9 Å². The largest absolute Gasteiger partial charge is 0.372 e. The Labute approximate surface area is 151 Å². The highest BCUT2D eigenvalue weighted by molar-refractivity contribution is 7.99. The van der Waals surface area contributed by atoms with E-state index in [9.17, 15) is 9.59 Å². The fourth-order valence-electron chi connectivity index (χ4n) is 1.96. The van der Waals surface area contributed by atoms with Crippen LogP contribution in [0.3, 0.4) is 0 Å². The molecule has 2 unspecified atom stereocenters. The Bertz CT molecular complexity index is 417. The van der Waals surface area contributed by atoms with Crippen molar-refractivity contribution in [3.8, 4) is 0 Å². The average molecular weight is 359 g/mol. The molecule has 0 saturated carbocycles. The molecule has 0 fully saturated rings. The highest BCUT2D eigenvalue weighted by Crippen LogP contribution is 2.16. The number of rotatable bonds is 11. The summed E-state index contributed by atoms with van der Waals surface area (Å²) in [6, 6.07) is -0.664. The Morgan fingerprint density at radius 1 is 1.29 bits per heavy atom. The molecular weight excluding hydrogens is 324 g/mol. The van der Waals surface area contributed by atoms with Gasteiger partial charge in [-0.25, -0.2) is 0 Å². The van der Waals surface area contributed by atoms with Crippen molar-refractivity contribution in [3.05, 3.63) is 12.2 Å². The van der Waals surface area contributed by atoms with E-state index in [0.717, 1.165) is 12.8 Å². The number of unbranched alkanes of at least 4 members (excludes halogenated alkanes) is 1. The molecule has 0 saturated heterocycles. The Morgan fingerprint density at radius 3 is 2.38 bits per heavy atom. The normalized spacial score (nSPS) is 14.8. The number of nitrogens with one attached hydrogen (secondary N) is 1. The number of methoxy groups -OCH3 is 1. The van der Waals surface area contributed by atoms with Crippen molar-refractivity contribution in [2.24, 2.45) is 11.1 Å². The van der Waals surface area contributed by atoms with Gasteiger partial charge in [0.05, 0.1) is 0 Å². The molecule has 0 spiro atoms. The van der Waals surface area contributed by atoms with Gasteiger partial charge >= 0.3 is 0 Å². The van der Waals surface area contributed by atoms with Crippen molar-refractivity contribution in [1.82, 2.24) is 5.32 Å². The molecular formula is C18H34N2O3S. The van der Waals surface area contributed by atoms with Gasteiger partial charge in [-0.3, -0.25) is 9.59 Å². The van der Waals surface area contributed by atoms with Crippen molar-refractivity contribution in [2.45, 2.75) is 71.3 Å². The fourth-order valence-corrected chi connectivity index (χ4v) is 2.79. The van der Waals surface area contributed by atoms with E-state index >= 15 is 0 Å². The van der Waals surface area contributed by atoms with Crippen LogP contribution in [0.4, 0.5) is 0 Å². The number of hydrogen-bond acceptors (Lipinski definition) is 4. The lowest BCUT2D eigenvalue weighted by Crippen LogP contribution is -2.50. The van der Waals surface area contributed by atoms with Gasteiger partial charge in [-0.2, -0.15) is 11.8 Å². The van der Waals surface area contributed by atoms with Crippen molar-refractivity contribution >= 4 is 23.6 Å². The van der Waals surface area contributed by atoms with E-state index in [-0.39, 0.29) is 11.3 Å². The van der Waals surface area contributed by atoms with Gasteiger partial charge in [-0.15, -0.1) is 0 Å². The maximum absolute atomic E-state index is 12.3. The van der Waals surface area contributed by atoms with Crippen LogP contribution >= 0.6 is 11.8 Å². The Balaban J connectivity index is 4.40. The summed E-state index contributed by atoms with van der Waals surface area (Å²) in [4.78, 5) is 23.8. The maximum atomic E-state index is 12.3. The number of primary amides is 1. The predicted octanol–water partition coefficient (Wildman–Crippen LogP) is 2.89. The summed E-state index contributed by atoms with van der Waals surface area (Å²) in [6.45, 7) is 10.5. The molecule has 0 aliphatic carbocycles. The quantitative estimate of drug-likeness (QED) is 0.439. The second kappa shape index (κ2) is 11.5. The van der Waals surface area contributed by atoms with Crippen LogP contribution in [0, 0.1) is 5.41 Å². The van der Waals surface area contributed by atoms with Gasteiger partial charge in [-0.1, -0.05) is 46.8 Å². The average Bonchev–Trinajstić information content (AvgIpc) is 2.45. The maximum Gasteiger partial charge on any atom is 0.249 e. The lowest BCUT2D eigenvalue weighted by Gasteiger charge is -2.20. The first-order chi connectivity index (χ1) is 11.1. The number of carbonyl (C=O) groups excluding carboxylic acids is 2. The zero-order valence-electron chi connectivity index (χ0n) is 15.9. The summed E-state index contributed by atoms with van der Waals surface area (Å²) < 4.78 is 5.27. The van der Waals surface area contributed by atoms with Crippen LogP contribution in [-0.2, 0) is 14.3 Å². The van der Waals surface area contributed by atoms with Gasteiger partial charge in [0, 0.05) is 12.9 Å². The number of nitrogens with two attached hydrogens (primary N) is 1. The van der Waals surface area contributed by atoms with E-state index in [1.807, 2.05) is 13.8 Å². The second-order valence-electron chi connectivity index (χ2n) is 7.27. The van der Waals surface area contributed by atoms with Crippen LogP contribution in [0.2, 0.25) is 0 Å². The highest BCUT2D eigenvalue weighted by atomic mass is 32.2. The minimum atomic E-state index is -0.664. The summed E-state index contributed by atoms with van der Waals surface area (Å²) in [5.74, 6) is -0.311. The number of carbonyl (C=O) groups is 2. The smallest absolute Gasteiger partial charge is 0.249 e. The predicted molar refractivity (Wildman–Crippen MR) is 102 cm³/mol. The van der Waals surface area contributed by atoms with Crippen LogP contribution in [0.25, 0.3) is 0 Å².